The molecule has 0 atom stereocenters. The van der Waals surface area contributed by atoms with E-state index in [4.69, 9.17) is 0 Å². The first-order chi connectivity index (χ1) is 7.76. The van der Waals surface area contributed by atoms with Crippen molar-refractivity contribution in [2.75, 3.05) is 0 Å². The molecule has 0 saturated carbocycles. The fourth-order valence-electron chi connectivity index (χ4n) is 1.02. The van der Waals surface area contributed by atoms with Gasteiger partial charge in [0.05, 0.1) is 11.1 Å². The summed E-state index contributed by atoms with van der Waals surface area (Å²) in [6.45, 7) is 0. The van der Waals surface area contributed by atoms with Crippen LogP contribution in [0.1, 0.15) is 5.56 Å². The minimum Gasteiger partial charge on any atom is -0.387 e. The number of pyridine rings is 1. The van der Waals surface area contributed by atoms with Crippen molar-refractivity contribution in [2.45, 2.75) is 11.7 Å². The summed E-state index contributed by atoms with van der Waals surface area (Å²) in [5.74, 6) is -2.39. The number of halogens is 5. The van der Waals surface area contributed by atoms with Gasteiger partial charge in [-0.25, -0.2) is 4.98 Å². The molecule has 0 aromatic carbocycles. The summed E-state index contributed by atoms with van der Waals surface area (Å²) < 4.78 is 52.3. The Kier molecular flexibility index (Phi) is 3.86. The number of nitrogens with zero attached hydrogens (tertiary/aromatic N) is 2. The second kappa shape index (κ2) is 4.82. The number of rotatable bonds is 3. The molecule has 17 heavy (non-hydrogen) atoms. The van der Waals surface area contributed by atoms with Crippen LogP contribution in [0.5, 0.6) is 5.88 Å². The maximum absolute atomic E-state index is 13.0. The first-order valence-corrected chi connectivity index (χ1v) is 5.02. The highest BCUT2D eigenvalue weighted by atomic mass is 79.9. The van der Waals surface area contributed by atoms with Gasteiger partial charge in [0, 0.05) is 5.33 Å². The van der Waals surface area contributed by atoms with Gasteiger partial charge in [0.1, 0.15) is 5.56 Å². The predicted octanol–water partition coefficient (Wildman–Crippen LogP) is 2.92. The maximum atomic E-state index is 13.0. The molecule has 0 N–H and O–H groups in total. The van der Waals surface area contributed by atoms with Crippen LogP contribution in [0.15, 0.2) is 6.20 Å². The molecule has 0 aliphatic rings. The van der Waals surface area contributed by atoms with Crippen molar-refractivity contribution in [3.05, 3.63) is 27.7 Å². The van der Waals surface area contributed by atoms with Gasteiger partial charge in [-0.1, -0.05) is 15.9 Å². The van der Waals surface area contributed by atoms with Crippen LogP contribution in [0.4, 0.5) is 23.2 Å². The summed E-state index contributed by atoms with van der Waals surface area (Å²) in [5.41, 5.74) is -1.72. The van der Waals surface area contributed by atoms with E-state index in [0.29, 0.717) is 6.20 Å². The van der Waals surface area contributed by atoms with E-state index in [-0.39, 0.29) is 0 Å². The van der Waals surface area contributed by atoms with Gasteiger partial charge in [0.2, 0.25) is 11.7 Å². The van der Waals surface area contributed by atoms with E-state index >= 15 is 0 Å². The van der Waals surface area contributed by atoms with Crippen molar-refractivity contribution in [2.24, 2.45) is 0 Å². The third-order valence-corrected chi connectivity index (χ3v) is 2.15. The summed E-state index contributed by atoms with van der Waals surface area (Å²) in [4.78, 5) is 12.4. The molecular weight excluding hydrogens is 316 g/mol. The van der Waals surface area contributed by atoms with Crippen LogP contribution in [0.2, 0.25) is 0 Å². The van der Waals surface area contributed by atoms with Gasteiger partial charge in [-0.2, -0.15) is 4.39 Å². The van der Waals surface area contributed by atoms with Crippen molar-refractivity contribution in [3.63, 3.8) is 0 Å². The van der Waals surface area contributed by atoms with Gasteiger partial charge in [-0.05, 0) is 0 Å². The molecule has 0 saturated heterocycles. The molecular formula is C7H3BrF4N2O3. The monoisotopic (exact) mass is 318 g/mol. The highest BCUT2D eigenvalue weighted by Gasteiger charge is 2.35. The van der Waals surface area contributed by atoms with Crippen molar-refractivity contribution in [3.8, 4) is 5.88 Å². The van der Waals surface area contributed by atoms with E-state index < -0.39 is 39.6 Å². The zero-order chi connectivity index (χ0) is 13.2. The van der Waals surface area contributed by atoms with Gasteiger partial charge in [-0.3, -0.25) is 10.1 Å². The molecule has 0 amide bonds. The molecule has 0 aliphatic heterocycles. The molecule has 0 aliphatic carbocycles. The van der Waals surface area contributed by atoms with Crippen LogP contribution in [0, 0.1) is 15.9 Å². The lowest BCUT2D eigenvalue weighted by Gasteiger charge is -2.10. The fourth-order valence-corrected chi connectivity index (χ4v) is 1.52. The lowest BCUT2D eigenvalue weighted by atomic mass is 10.2. The van der Waals surface area contributed by atoms with Crippen molar-refractivity contribution in [1.82, 2.24) is 4.98 Å². The minimum atomic E-state index is -5.06. The van der Waals surface area contributed by atoms with Crippen molar-refractivity contribution in [1.29, 1.82) is 0 Å². The molecule has 1 aromatic heterocycles. The van der Waals surface area contributed by atoms with Crippen LogP contribution >= 0.6 is 15.9 Å². The Morgan fingerprint density at radius 1 is 1.53 bits per heavy atom. The van der Waals surface area contributed by atoms with Crippen LogP contribution in [-0.4, -0.2) is 16.3 Å². The molecule has 0 radical (unpaired) electrons. The first-order valence-electron chi connectivity index (χ1n) is 3.89. The van der Waals surface area contributed by atoms with Crippen LogP contribution in [-0.2, 0) is 5.33 Å². The van der Waals surface area contributed by atoms with E-state index in [1.807, 2.05) is 0 Å². The molecule has 10 heteroatoms. The Morgan fingerprint density at radius 3 is 2.53 bits per heavy atom. The van der Waals surface area contributed by atoms with Gasteiger partial charge in [-0.15, -0.1) is 13.2 Å². The summed E-state index contributed by atoms with van der Waals surface area (Å²) in [6, 6.07) is 0. The molecule has 5 nitrogen and oxygen atoms in total. The molecule has 0 bridgehead atoms. The topological polar surface area (TPSA) is 65.3 Å². The zero-order valence-electron chi connectivity index (χ0n) is 7.79. The Balaban J connectivity index is 3.33. The van der Waals surface area contributed by atoms with E-state index in [1.165, 1.54) is 0 Å². The number of hydrogen-bond acceptors (Lipinski definition) is 4. The summed E-state index contributed by atoms with van der Waals surface area (Å²) in [7, 11) is 0. The van der Waals surface area contributed by atoms with Crippen LogP contribution in [0.25, 0.3) is 0 Å². The quantitative estimate of drug-likeness (QED) is 0.372. The fraction of sp³-hybridized carbons (Fsp3) is 0.286. The molecule has 0 spiro atoms. The maximum Gasteiger partial charge on any atom is 0.574 e. The summed E-state index contributed by atoms with van der Waals surface area (Å²) in [5, 5.41) is 10.1. The molecule has 0 fully saturated rings. The number of hydrogen-bond donors (Lipinski definition) is 0. The zero-order valence-corrected chi connectivity index (χ0v) is 9.38. The predicted molar refractivity (Wildman–Crippen MR) is 50.2 cm³/mol. The molecule has 94 valence electrons. The molecule has 0 unspecified atom stereocenters. The molecule has 1 rings (SSSR count). The van der Waals surface area contributed by atoms with Crippen molar-refractivity contribution >= 4 is 21.6 Å². The molecule has 1 aromatic rings. The standard InChI is InChI=1S/C7H3BrF4N2O3/c8-1-3-5(14(15)16)4(9)2-13-6(3)17-7(10,11)12/h2H,1H2. The highest BCUT2D eigenvalue weighted by molar-refractivity contribution is 9.08. The lowest BCUT2D eigenvalue weighted by Crippen LogP contribution is -2.19. The summed E-state index contributed by atoms with van der Waals surface area (Å²) in [6.07, 6.45) is -4.76. The summed E-state index contributed by atoms with van der Waals surface area (Å²) >= 11 is 2.71. The SMILES string of the molecule is O=[N+]([O-])c1c(F)cnc(OC(F)(F)F)c1CBr. The van der Waals surface area contributed by atoms with Crippen LogP contribution < -0.4 is 4.74 Å². The van der Waals surface area contributed by atoms with E-state index in [2.05, 4.69) is 25.7 Å². The normalized spacial score (nSPS) is 11.4. The van der Waals surface area contributed by atoms with Gasteiger partial charge in [0.25, 0.3) is 0 Å². The van der Waals surface area contributed by atoms with E-state index in [0.717, 1.165) is 0 Å². The third-order valence-electron chi connectivity index (χ3n) is 1.59. The van der Waals surface area contributed by atoms with Crippen molar-refractivity contribution < 1.29 is 27.2 Å². The Labute approximate surface area is 99.7 Å². The average molecular weight is 319 g/mol. The van der Waals surface area contributed by atoms with Crippen LogP contribution in [0.3, 0.4) is 0 Å². The average Bonchev–Trinajstić information content (AvgIpc) is 2.17. The smallest absolute Gasteiger partial charge is 0.387 e. The number of alkyl halides is 4. The van der Waals surface area contributed by atoms with Gasteiger partial charge < -0.3 is 4.74 Å². The minimum absolute atomic E-state index is 0.297. The number of ether oxygens (including phenoxy) is 1. The Bertz CT molecular complexity index is 451. The Morgan fingerprint density at radius 2 is 2.12 bits per heavy atom. The Hall–Kier alpha value is -1.45. The van der Waals surface area contributed by atoms with Gasteiger partial charge >= 0.3 is 12.0 Å². The lowest BCUT2D eigenvalue weighted by molar-refractivity contribution is -0.388. The largest absolute Gasteiger partial charge is 0.574 e. The molecule has 1 heterocycles. The highest BCUT2D eigenvalue weighted by Crippen LogP contribution is 2.33. The first kappa shape index (κ1) is 13.6. The van der Waals surface area contributed by atoms with Gasteiger partial charge in [0.15, 0.2) is 0 Å². The van der Waals surface area contributed by atoms with E-state index in [9.17, 15) is 27.7 Å². The second-order valence-electron chi connectivity index (χ2n) is 2.68. The van der Waals surface area contributed by atoms with E-state index in [1.54, 1.807) is 0 Å². The number of nitro groups is 1. The number of aromatic nitrogens is 1. The third kappa shape index (κ3) is 3.25. The second-order valence-corrected chi connectivity index (χ2v) is 3.24.